The molecule has 4 aromatic rings. The number of piperidine rings is 1. The molecule has 0 radical (unpaired) electrons. The van der Waals surface area contributed by atoms with Gasteiger partial charge in [0.15, 0.2) is 11.2 Å². The second kappa shape index (κ2) is 8.69. The van der Waals surface area contributed by atoms with E-state index in [0.29, 0.717) is 50.4 Å². The quantitative estimate of drug-likeness (QED) is 0.404. The lowest BCUT2D eigenvalue weighted by atomic mass is 9.87. The Hall–Kier alpha value is -3.37. The van der Waals surface area contributed by atoms with Crippen molar-refractivity contribution in [3.63, 3.8) is 0 Å². The zero-order chi connectivity index (χ0) is 25.0. The fraction of sp³-hybridized carbons (Fsp3) is 0.429. The van der Waals surface area contributed by atoms with Crippen LogP contribution in [-0.4, -0.2) is 40.7 Å². The average Bonchev–Trinajstić information content (AvgIpc) is 3.22. The maximum Gasteiger partial charge on any atom is 0.199 e. The molecule has 0 unspecified atom stereocenters. The number of halogens is 1. The molecule has 1 fully saturated rings. The lowest BCUT2D eigenvalue weighted by molar-refractivity contribution is 0.170. The molecule has 0 bridgehead atoms. The molecule has 2 aromatic carbocycles. The van der Waals surface area contributed by atoms with Crippen LogP contribution in [0.15, 0.2) is 29.1 Å². The summed E-state index contributed by atoms with van der Waals surface area (Å²) in [6.07, 6.45) is 1.68. The van der Waals surface area contributed by atoms with Gasteiger partial charge in [0.1, 0.15) is 11.4 Å². The van der Waals surface area contributed by atoms with Crippen LogP contribution in [0, 0.1) is 17.1 Å². The molecule has 1 aliphatic heterocycles. The van der Waals surface area contributed by atoms with E-state index < -0.39 is 0 Å². The van der Waals surface area contributed by atoms with E-state index in [0.717, 1.165) is 31.3 Å². The van der Waals surface area contributed by atoms with E-state index >= 15 is 4.39 Å². The van der Waals surface area contributed by atoms with E-state index in [1.807, 2.05) is 18.4 Å². The molecule has 0 amide bonds. The van der Waals surface area contributed by atoms with E-state index in [1.54, 1.807) is 31.4 Å². The summed E-state index contributed by atoms with van der Waals surface area (Å²) in [4.78, 5) is 19.5. The summed E-state index contributed by atoms with van der Waals surface area (Å²) in [6, 6.07) is 9.44. The highest BCUT2D eigenvalue weighted by Crippen LogP contribution is 2.41. The van der Waals surface area contributed by atoms with Gasteiger partial charge in [-0.1, -0.05) is 6.07 Å². The van der Waals surface area contributed by atoms with Gasteiger partial charge in [0.05, 0.1) is 35.0 Å². The van der Waals surface area contributed by atoms with Crippen LogP contribution in [0.25, 0.3) is 32.8 Å². The van der Waals surface area contributed by atoms with Gasteiger partial charge in [0.2, 0.25) is 0 Å². The van der Waals surface area contributed by atoms with Crippen LogP contribution in [0.5, 0.6) is 5.75 Å². The lowest BCUT2D eigenvalue weighted by Gasteiger charge is -2.35. The number of nitrogens with one attached hydrogen (secondary N) is 1. The Morgan fingerprint density at radius 1 is 1.11 bits per heavy atom. The SMILES string of the molecule is COc1cc2c(=O)c3c4ccc(C#N)cc4[nH]c3n(C(C)C)c2c(F)c1C1CCN(C(C)C)CC1. The van der Waals surface area contributed by atoms with Gasteiger partial charge in [0, 0.05) is 28.6 Å². The Kier molecular flexibility index (Phi) is 5.80. The van der Waals surface area contributed by atoms with Gasteiger partial charge in [-0.3, -0.25) is 4.79 Å². The minimum atomic E-state index is -0.369. The first-order valence-corrected chi connectivity index (χ1v) is 12.3. The standard InChI is InChI=1S/C28H31FN4O2/c1-15(2)32-10-8-18(9-11-32)23-22(35-5)13-20-26(25(23)29)33(16(3)4)28-24(27(20)34)19-7-6-17(14-30)12-21(19)31-28/h6-7,12-13,15-16,18,31H,8-11H2,1-5H3. The third kappa shape index (κ3) is 3.59. The van der Waals surface area contributed by atoms with Gasteiger partial charge in [-0.25, -0.2) is 4.39 Å². The summed E-state index contributed by atoms with van der Waals surface area (Å²) in [6.45, 7) is 10.2. The number of aromatic amines is 1. The van der Waals surface area contributed by atoms with E-state index in [-0.39, 0.29) is 23.2 Å². The van der Waals surface area contributed by atoms with Crippen molar-refractivity contribution >= 4 is 32.8 Å². The van der Waals surface area contributed by atoms with Crippen LogP contribution >= 0.6 is 0 Å². The smallest absolute Gasteiger partial charge is 0.199 e. The predicted molar refractivity (Wildman–Crippen MR) is 138 cm³/mol. The van der Waals surface area contributed by atoms with Crippen molar-refractivity contribution < 1.29 is 9.13 Å². The minimum Gasteiger partial charge on any atom is -0.496 e. The average molecular weight is 475 g/mol. The van der Waals surface area contributed by atoms with Crippen molar-refractivity contribution in [2.75, 3.05) is 20.2 Å². The number of pyridine rings is 1. The number of nitriles is 1. The van der Waals surface area contributed by atoms with Crippen LogP contribution in [0.1, 0.15) is 63.6 Å². The molecule has 6 nitrogen and oxygen atoms in total. The summed E-state index contributed by atoms with van der Waals surface area (Å²) in [5, 5.41) is 10.9. The van der Waals surface area contributed by atoms with Gasteiger partial charge < -0.3 is 19.2 Å². The normalized spacial score (nSPS) is 15.6. The van der Waals surface area contributed by atoms with E-state index in [2.05, 4.69) is 29.8 Å². The number of rotatable bonds is 4. The number of methoxy groups -OCH3 is 1. The largest absolute Gasteiger partial charge is 0.496 e. The third-order valence-electron chi connectivity index (χ3n) is 7.51. The minimum absolute atomic E-state index is 0.0247. The molecular weight excluding hydrogens is 443 g/mol. The molecule has 1 saturated heterocycles. The fourth-order valence-electron chi connectivity index (χ4n) is 5.72. The molecule has 3 heterocycles. The number of likely N-dealkylation sites (tertiary alicyclic amines) is 1. The molecule has 0 saturated carbocycles. The number of ether oxygens (including phenoxy) is 1. The number of hydrogen-bond donors (Lipinski definition) is 1. The zero-order valence-corrected chi connectivity index (χ0v) is 20.9. The molecule has 2 aromatic heterocycles. The van der Waals surface area contributed by atoms with Gasteiger partial charge >= 0.3 is 0 Å². The molecule has 0 spiro atoms. The Morgan fingerprint density at radius 3 is 2.43 bits per heavy atom. The summed E-state index contributed by atoms with van der Waals surface area (Å²) < 4.78 is 24.1. The van der Waals surface area contributed by atoms with Crippen LogP contribution in [0.3, 0.4) is 0 Å². The molecule has 0 atom stereocenters. The summed E-state index contributed by atoms with van der Waals surface area (Å²) in [5.74, 6) is 0.0967. The third-order valence-corrected chi connectivity index (χ3v) is 7.51. The lowest BCUT2D eigenvalue weighted by Crippen LogP contribution is -2.38. The number of nitrogens with zero attached hydrogens (tertiary/aromatic N) is 3. The predicted octanol–water partition coefficient (Wildman–Crippen LogP) is 5.82. The Bertz CT molecular complexity index is 1550. The summed E-state index contributed by atoms with van der Waals surface area (Å²) in [5.41, 5.74) is 2.41. The molecule has 1 N–H and O–H groups in total. The van der Waals surface area contributed by atoms with Crippen LogP contribution in [0.2, 0.25) is 0 Å². The first-order chi connectivity index (χ1) is 16.8. The Balaban J connectivity index is 1.83. The first-order valence-electron chi connectivity index (χ1n) is 12.3. The maximum absolute atomic E-state index is 16.5. The van der Waals surface area contributed by atoms with E-state index in [4.69, 9.17) is 4.74 Å². The monoisotopic (exact) mass is 474 g/mol. The summed E-state index contributed by atoms with van der Waals surface area (Å²) in [7, 11) is 1.54. The highest BCUT2D eigenvalue weighted by molar-refractivity contribution is 6.10. The van der Waals surface area contributed by atoms with Gasteiger partial charge in [-0.15, -0.1) is 0 Å². The van der Waals surface area contributed by atoms with Crippen molar-refractivity contribution in [3.05, 3.63) is 51.4 Å². The number of H-pyrrole nitrogens is 1. The second-order valence-corrected chi connectivity index (χ2v) is 10.1. The molecular formula is C28H31FN4O2. The van der Waals surface area contributed by atoms with Crippen LogP contribution in [-0.2, 0) is 0 Å². The van der Waals surface area contributed by atoms with Crippen molar-refractivity contribution in [2.24, 2.45) is 0 Å². The maximum atomic E-state index is 16.5. The van der Waals surface area contributed by atoms with Gasteiger partial charge in [-0.05, 0) is 77.7 Å². The Labute approximate surface area is 203 Å². The zero-order valence-electron chi connectivity index (χ0n) is 20.9. The fourth-order valence-corrected chi connectivity index (χ4v) is 5.72. The highest BCUT2D eigenvalue weighted by atomic mass is 19.1. The van der Waals surface area contributed by atoms with Crippen LogP contribution < -0.4 is 10.2 Å². The second-order valence-electron chi connectivity index (χ2n) is 10.1. The molecule has 7 heteroatoms. The molecule has 0 aliphatic carbocycles. The molecule has 35 heavy (non-hydrogen) atoms. The molecule has 182 valence electrons. The first kappa shape index (κ1) is 23.4. The van der Waals surface area contributed by atoms with Crippen LogP contribution in [0.4, 0.5) is 4.39 Å². The highest BCUT2D eigenvalue weighted by Gasteiger charge is 2.30. The van der Waals surface area contributed by atoms with Crippen molar-refractivity contribution in [1.82, 2.24) is 14.5 Å². The topological polar surface area (TPSA) is 74.0 Å². The van der Waals surface area contributed by atoms with Crippen molar-refractivity contribution in [2.45, 2.75) is 58.5 Å². The number of aromatic nitrogens is 2. The number of benzene rings is 2. The molecule has 5 rings (SSSR count). The number of hydrogen-bond acceptors (Lipinski definition) is 4. The number of fused-ring (bicyclic) bond motifs is 4. The van der Waals surface area contributed by atoms with E-state index in [1.165, 1.54) is 0 Å². The summed E-state index contributed by atoms with van der Waals surface area (Å²) >= 11 is 0. The molecule has 1 aliphatic rings. The van der Waals surface area contributed by atoms with E-state index in [9.17, 15) is 10.1 Å². The van der Waals surface area contributed by atoms with Gasteiger partial charge in [0.25, 0.3) is 0 Å². The van der Waals surface area contributed by atoms with Gasteiger partial charge in [-0.2, -0.15) is 5.26 Å². The van der Waals surface area contributed by atoms with Crippen molar-refractivity contribution in [3.8, 4) is 11.8 Å². The van der Waals surface area contributed by atoms with Crippen molar-refractivity contribution in [1.29, 1.82) is 5.26 Å². The Morgan fingerprint density at radius 2 is 1.83 bits per heavy atom.